The summed E-state index contributed by atoms with van der Waals surface area (Å²) in [5.41, 5.74) is 2.43. The average Bonchev–Trinajstić information content (AvgIpc) is 2.66. The van der Waals surface area contributed by atoms with Crippen LogP contribution < -0.4 is 0 Å². The summed E-state index contributed by atoms with van der Waals surface area (Å²) in [5, 5.41) is 0. The molecule has 136 valence electrons. The van der Waals surface area contributed by atoms with Gasteiger partial charge in [0.1, 0.15) is 11.6 Å². The molecular formula is C20H23FN4O. The van der Waals surface area contributed by atoms with Crippen molar-refractivity contribution in [2.45, 2.75) is 31.7 Å². The van der Waals surface area contributed by atoms with Crippen molar-refractivity contribution in [2.75, 3.05) is 26.7 Å². The Morgan fingerprint density at radius 3 is 3.00 bits per heavy atom. The molecule has 0 saturated carbocycles. The number of rotatable bonds is 2. The first-order valence-electron chi connectivity index (χ1n) is 9.18. The molecule has 1 amide bonds. The van der Waals surface area contributed by atoms with Crippen LogP contribution in [0.1, 0.15) is 46.2 Å². The van der Waals surface area contributed by atoms with Gasteiger partial charge < -0.3 is 9.80 Å². The van der Waals surface area contributed by atoms with Gasteiger partial charge in [-0.1, -0.05) is 6.07 Å². The van der Waals surface area contributed by atoms with Crippen molar-refractivity contribution < 1.29 is 9.18 Å². The van der Waals surface area contributed by atoms with E-state index in [2.05, 4.69) is 16.9 Å². The fourth-order valence-corrected chi connectivity index (χ4v) is 3.88. The summed E-state index contributed by atoms with van der Waals surface area (Å²) >= 11 is 0. The Kier molecular flexibility index (Phi) is 4.68. The molecule has 1 atom stereocenters. The van der Waals surface area contributed by atoms with Crippen molar-refractivity contribution in [2.24, 2.45) is 0 Å². The Morgan fingerprint density at radius 2 is 2.19 bits per heavy atom. The number of likely N-dealkylation sites (N-methyl/N-ethyl adjacent to an activating group) is 1. The number of benzene rings is 1. The summed E-state index contributed by atoms with van der Waals surface area (Å²) in [4.78, 5) is 26.1. The standard InChI is InChI=1S/C20H23FN4O/c1-24-8-3-5-15(12-24)19-22-11-16-13-25(9-7-18(16)23-19)20(26)14-4-2-6-17(21)10-14/h2,4,6,10-11,15H,3,5,7-9,12-13H2,1H3. The third kappa shape index (κ3) is 3.46. The second-order valence-corrected chi connectivity index (χ2v) is 7.29. The van der Waals surface area contributed by atoms with Crippen molar-refractivity contribution in [3.05, 3.63) is 58.9 Å². The van der Waals surface area contributed by atoms with E-state index < -0.39 is 5.82 Å². The smallest absolute Gasteiger partial charge is 0.254 e. The normalized spacial score (nSPS) is 20.7. The van der Waals surface area contributed by atoms with E-state index in [1.807, 2.05) is 6.20 Å². The van der Waals surface area contributed by atoms with Crippen LogP contribution in [0.3, 0.4) is 0 Å². The van der Waals surface area contributed by atoms with Crippen LogP contribution in [-0.2, 0) is 13.0 Å². The minimum absolute atomic E-state index is 0.145. The molecule has 0 aliphatic carbocycles. The maximum absolute atomic E-state index is 13.4. The van der Waals surface area contributed by atoms with Crippen molar-refractivity contribution in [3.8, 4) is 0 Å². The number of hydrogen-bond donors (Lipinski definition) is 0. The largest absolute Gasteiger partial charge is 0.334 e. The fraction of sp³-hybridized carbons (Fsp3) is 0.450. The predicted molar refractivity (Wildman–Crippen MR) is 96.3 cm³/mol. The van der Waals surface area contributed by atoms with Gasteiger partial charge >= 0.3 is 0 Å². The van der Waals surface area contributed by atoms with Crippen LogP contribution in [0.4, 0.5) is 4.39 Å². The van der Waals surface area contributed by atoms with E-state index in [1.165, 1.54) is 18.6 Å². The molecule has 2 aromatic rings. The Labute approximate surface area is 152 Å². The quantitative estimate of drug-likeness (QED) is 0.832. The monoisotopic (exact) mass is 354 g/mol. The van der Waals surface area contributed by atoms with E-state index in [4.69, 9.17) is 4.98 Å². The molecule has 2 aliphatic heterocycles. The maximum Gasteiger partial charge on any atom is 0.254 e. The Bertz CT molecular complexity index is 825. The lowest BCUT2D eigenvalue weighted by Gasteiger charge is -2.31. The highest BCUT2D eigenvalue weighted by Crippen LogP contribution is 2.26. The number of piperidine rings is 1. The van der Waals surface area contributed by atoms with Crippen molar-refractivity contribution in [1.82, 2.24) is 19.8 Å². The zero-order valence-corrected chi connectivity index (χ0v) is 15.0. The number of carbonyl (C=O) groups is 1. The molecule has 4 rings (SSSR count). The molecule has 1 fully saturated rings. The molecule has 26 heavy (non-hydrogen) atoms. The van der Waals surface area contributed by atoms with Crippen LogP contribution in [0.5, 0.6) is 0 Å². The summed E-state index contributed by atoms with van der Waals surface area (Å²) in [6.45, 7) is 3.22. The molecule has 6 heteroatoms. The summed E-state index contributed by atoms with van der Waals surface area (Å²) < 4.78 is 13.4. The molecule has 0 radical (unpaired) electrons. The third-order valence-corrected chi connectivity index (χ3v) is 5.30. The second-order valence-electron chi connectivity index (χ2n) is 7.29. The zero-order valence-electron chi connectivity index (χ0n) is 15.0. The van der Waals surface area contributed by atoms with Crippen LogP contribution in [0, 0.1) is 5.82 Å². The van der Waals surface area contributed by atoms with Crippen molar-refractivity contribution >= 4 is 5.91 Å². The summed E-state index contributed by atoms with van der Waals surface area (Å²) in [6, 6.07) is 5.86. The van der Waals surface area contributed by atoms with E-state index in [-0.39, 0.29) is 5.91 Å². The van der Waals surface area contributed by atoms with Crippen LogP contribution in [0.15, 0.2) is 30.5 Å². The van der Waals surface area contributed by atoms with E-state index in [9.17, 15) is 9.18 Å². The SMILES string of the molecule is CN1CCCC(c2ncc3c(n2)CCN(C(=O)c2cccc(F)c2)C3)C1. The number of hydrogen-bond acceptors (Lipinski definition) is 4. The molecule has 1 unspecified atom stereocenters. The number of nitrogens with zero attached hydrogens (tertiary/aromatic N) is 4. The first-order chi connectivity index (χ1) is 12.6. The zero-order chi connectivity index (χ0) is 18.1. The minimum Gasteiger partial charge on any atom is -0.334 e. The van der Waals surface area contributed by atoms with Gasteiger partial charge in [-0.15, -0.1) is 0 Å². The highest BCUT2D eigenvalue weighted by molar-refractivity contribution is 5.94. The first kappa shape index (κ1) is 17.1. The van der Waals surface area contributed by atoms with Crippen molar-refractivity contribution in [1.29, 1.82) is 0 Å². The fourth-order valence-electron chi connectivity index (χ4n) is 3.88. The maximum atomic E-state index is 13.4. The molecule has 3 heterocycles. The molecular weight excluding hydrogens is 331 g/mol. The molecule has 5 nitrogen and oxygen atoms in total. The van der Waals surface area contributed by atoms with Gasteiger partial charge in [-0.25, -0.2) is 14.4 Å². The van der Waals surface area contributed by atoms with E-state index in [0.717, 1.165) is 36.6 Å². The molecule has 0 spiro atoms. The third-order valence-electron chi connectivity index (χ3n) is 5.30. The lowest BCUT2D eigenvalue weighted by atomic mass is 9.97. The molecule has 0 bridgehead atoms. The number of aromatic nitrogens is 2. The van der Waals surface area contributed by atoms with Gasteiger partial charge in [0.05, 0.1) is 5.69 Å². The van der Waals surface area contributed by atoms with Crippen LogP contribution in [0.25, 0.3) is 0 Å². The molecule has 2 aliphatic rings. The Hall–Kier alpha value is -2.34. The van der Waals surface area contributed by atoms with E-state index in [1.54, 1.807) is 17.0 Å². The summed E-state index contributed by atoms with van der Waals surface area (Å²) in [7, 11) is 2.14. The Balaban J connectivity index is 1.50. The lowest BCUT2D eigenvalue weighted by Crippen LogP contribution is -2.37. The topological polar surface area (TPSA) is 49.3 Å². The van der Waals surface area contributed by atoms with Crippen LogP contribution in [0.2, 0.25) is 0 Å². The van der Waals surface area contributed by atoms with Gasteiger partial charge in [-0.05, 0) is 44.6 Å². The number of likely N-dealkylation sites (tertiary alicyclic amines) is 1. The van der Waals surface area contributed by atoms with Gasteiger partial charge in [0.25, 0.3) is 5.91 Å². The highest BCUT2D eigenvalue weighted by Gasteiger charge is 2.26. The summed E-state index contributed by atoms with van der Waals surface area (Å²) in [6.07, 6.45) is 4.90. The number of carbonyl (C=O) groups excluding carboxylic acids is 1. The lowest BCUT2D eigenvalue weighted by molar-refractivity contribution is 0.0732. The van der Waals surface area contributed by atoms with Gasteiger partial charge in [-0.3, -0.25) is 4.79 Å². The Morgan fingerprint density at radius 1 is 1.31 bits per heavy atom. The molecule has 1 aromatic heterocycles. The van der Waals surface area contributed by atoms with Gasteiger partial charge in [0, 0.05) is 49.3 Å². The highest BCUT2D eigenvalue weighted by atomic mass is 19.1. The number of amides is 1. The second kappa shape index (κ2) is 7.11. The first-order valence-corrected chi connectivity index (χ1v) is 9.18. The number of fused-ring (bicyclic) bond motifs is 1. The molecule has 1 aromatic carbocycles. The van der Waals surface area contributed by atoms with Crippen LogP contribution >= 0.6 is 0 Å². The molecule has 0 N–H and O–H groups in total. The molecule has 1 saturated heterocycles. The van der Waals surface area contributed by atoms with Gasteiger partial charge in [0.2, 0.25) is 0 Å². The predicted octanol–water partition coefficient (Wildman–Crippen LogP) is 2.62. The van der Waals surface area contributed by atoms with E-state index in [0.29, 0.717) is 31.0 Å². The van der Waals surface area contributed by atoms with E-state index >= 15 is 0 Å². The number of halogens is 1. The van der Waals surface area contributed by atoms with Gasteiger partial charge in [-0.2, -0.15) is 0 Å². The van der Waals surface area contributed by atoms with Crippen LogP contribution in [-0.4, -0.2) is 52.4 Å². The van der Waals surface area contributed by atoms with Crippen molar-refractivity contribution in [3.63, 3.8) is 0 Å². The average molecular weight is 354 g/mol. The minimum atomic E-state index is -0.390. The summed E-state index contributed by atoms with van der Waals surface area (Å²) in [5.74, 6) is 0.790. The van der Waals surface area contributed by atoms with Gasteiger partial charge in [0.15, 0.2) is 0 Å².